The molecule has 1 heterocycles. The van der Waals surface area contributed by atoms with Gasteiger partial charge in [-0.25, -0.2) is 0 Å². The van der Waals surface area contributed by atoms with Crippen LogP contribution in [0.1, 0.15) is 37.0 Å². The number of fused-ring (bicyclic) bond motifs is 1. The molecule has 0 aliphatic carbocycles. The van der Waals surface area contributed by atoms with Crippen LogP contribution in [0.15, 0.2) is 33.7 Å². The summed E-state index contributed by atoms with van der Waals surface area (Å²) in [4.78, 5) is 34.8. The number of aliphatic carboxylic acids is 1. The number of carboxylic acids is 1. The highest BCUT2D eigenvalue weighted by Gasteiger charge is 2.21. The van der Waals surface area contributed by atoms with Crippen LogP contribution in [0.2, 0.25) is 0 Å². The maximum atomic E-state index is 12.6. The summed E-state index contributed by atoms with van der Waals surface area (Å²) in [6.07, 6.45) is 2.77. The van der Waals surface area contributed by atoms with Gasteiger partial charge in [0.1, 0.15) is 0 Å². The Balaban J connectivity index is 2.47. The van der Waals surface area contributed by atoms with Crippen LogP contribution >= 0.6 is 15.9 Å². The second-order valence-electron chi connectivity index (χ2n) is 6.38. The SMILES string of the molecule is CC(C)(CCC(=O)O)Cn1cc(C=O)c2cc(Br)ccc2c1=O. The Kier molecular flexibility index (Phi) is 5.04. The van der Waals surface area contributed by atoms with Crippen molar-refractivity contribution in [3.05, 3.63) is 44.8 Å². The highest BCUT2D eigenvalue weighted by molar-refractivity contribution is 9.10. The molecular weight excluding hydrogens is 362 g/mol. The quantitative estimate of drug-likeness (QED) is 0.779. The Morgan fingerprint density at radius 2 is 2.04 bits per heavy atom. The van der Waals surface area contributed by atoms with E-state index in [4.69, 9.17) is 5.11 Å². The third-order valence-electron chi connectivity index (χ3n) is 3.82. The standard InChI is InChI=1S/C17H18BrNO4/c1-17(2,6-5-15(21)22)10-19-8-11(9-20)14-7-12(18)3-4-13(14)16(19)23/h3-4,7-9H,5-6,10H2,1-2H3,(H,21,22). The van der Waals surface area contributed by atoms with Crippen molar-refractivity contribution in [2.24, 2.45) is 5.41 Å². The number of pyridine rings is 1. The van der Waals surface area contributed by atoms with Crippen LogP contribution in [-0.4, -0.2) is 21.9 Å². The minimum atomic E-state index is -0.859. The number of hydrogen-bond donors (Lipinski definition) is 1. The zero-order chi connectivity index (χ0) is 17.2. The molecular formula is C17H18BrNO4. The van der Waals surface area contributed by atoms with Crippen molar-refractivity contribution in [2.45, 2.75) is 33.2 Å². The molecule has 0 radical (unpaired) electrons. The zero-order valence-corrected chi connectivity index (χ0v) is 14.6. The molecule has 0 spiro atoms. The van der Waals surface area contributed by atoms with E-state index in [2.05, 4.69) is 15.9 Å². The molecule has 2 rings (SSSR count). The van der Waals surface area contributed by atoms with Crippen molar-refractivity contribution in [3.63, 3.8) is 0 Å². The Morgan fingerprint density at radius 1 is 1.35 bits per heavy atom. The number of halogens is 1. The van der Waals surface area contributed by atoms with E-state index in [1.165, 1.54) is 4.57 Å². The van der Waals surface area contributed by atoms with E-state index < -0.39 is 5.97 Å². The molecule has 0 unspecified atom stereocenters. The van der Waals surface area contributed by atoms with Crippen LogP contribution in [-0.2, 0) is 11.3 Å². The summed E-state index contributed by atoms with van der Waals surface area (Å²) < 4.78 is 2.30. The van der Waals surface area contributed by atoms with Gasteiger partial charge in [-0.1, -0.05) is 29.8 Å². The van der Waals surface area contributed by atoms with Crippen LogP contribution in [0.4, 0.5) is 0 Å². The average Bonchev–Trinajstić information content (AvgIpc) is 2.48. The number of carboxylic acid groups (broad SMARTS) is 1. The molecule has 0 aliphatic heterocycles. The van der Waals surface area contributed by atoms with Crippen LogP contribution in [0, 0.1) is 5.41 Å². The molecule has 0 amide bonds. The fourth-order valence-electron chi connectivity index (χ4n) is 2.59. The first-order valence-electron chi connectivity index (χ1n) is 7.23. The topological polar surface area (TPSA) is 76.4 Å². The number of carbonyl (C=O) groups excluding carboxylic acids is 1. The van der Waals surface area contributed by atoms with Crippen molar-refractivity contribution in [1.82, 2.24) is 4.57 Å². The summed E-state index contributed by atoms with van der Waals surface area (Å²) in [6.45, 7) is 4.18. The smallest absolute Gasteiger partial charge is 0.303 e. The Morgan fingerprint density at radius 3 is 2.65 bits per heavy atom. The number of nitrogens with zero attached hydrogens (tertiary/aromatic N) is 1. The van der Waals surface area contributed by atoms with Gasteiger partial charge >= 0.3 is 5.97 Å². The van der Waals surface area contributed by atoms with Gasteiger partial charge in [0, 0.05) is 40.0 Å². The third-order valence-corrected chi connectivity index (χ3v) is 4.31. The minimum Gasteiger partial charge on any atom is -0.481 e. The van der Waals surface area contributed by atoms with Gasteiger partial charge in [-0.3, -0.25) is 14.4 Å². The van der Waals surface area contributed by atoms with E-state index in [9.17, 15) is 14.4 Å². The highest BCUT2D eigenvalue weighted by atomic mass is 79.9. The Labute approximate surface area is 142 Å². The van der Waals surface area contributed by atoms with Gasteiger partial charge in [0.25, 0.3) is 5.56 Å². The van der Waals surface area contributed by atoms with Gasteiger partial charge in [-0.05, 0) is 30.0 Å². The summed E-state index contributed by atoms with van der Waals surface area (Å²) in [6, 6.07) is 5.20. The number of hydrogen-bond acceptors (Lipinski definition) is 3. The second-order valence-corrected chi connectivity index (χ2v) is 7.30. The molecule has 1 aromatic carbocycles. The first-order chi connectivity index (χ1) is 10.7. The van der Waals surface area contributed by atoms with E-state index in [1.807, 2.05) is 13.8 Å². The first kappa shape index (κ1) is 17.4. The van der Waals surface area contributed by atoms with Crippen LogP contribution in [0.5, 0.6) is 0 Å². The molecule has 0 saturated carbocycles. The summed E-state index contributed by atoms with van der Waals surface area (Å²) >= 11 is 3.34. The van der Waals surface area contributed by atoms with Crippen molar-refractivity contribution in [3.8, 4) is 0 Å². The molecule has 2 aromatic rings. The molecule has 0 fully saturated rings. The van der Waals surface area contributed by atoms with E-state index in [0.717, 1.165) is 10.8 Å². The maximum absolute atomic E-state index is 12.6. The Hall–Kier alpha value is -1.95. The number of benzene rings is 1. The van der Waals surface area contributed by atoms with Gasteiger partial charge in [0.15, 0.2) is 6.29 Å². The van der Waals surface area contributed by atoms with E-state index in [-0.39, 0.29) is 17.4 Å². The third kappa shape index (κ3) is 4.07. The normalized spacial score (nSPS) is 11.6. The van der Waals surface area contributed by atoms with Gasteiger partial charge in [0.2, 0.25) is 0 Å². The van der Waals surface area contributed by atoms with Gasteiger partial charge < -0.3 is 9.67 Å². The number of rotatable bonds is 6. The number of carbonyl (C=O) groups is 2. The van der Waals surface area contributed by atoms with Crippen molar-refractivity contribution in [1.29, 1.82) is 0 Å². The molecule has 0 atom stereocenters. The van der Waals surface area contributed by atoms with E-state index >= 15 is 0 Å². The number of aromatic nitrogens is 1. The predicted molar refractivity (Wildman–Crippen MR) is 91.9 cm³/mol. The molecule has 122 valence electrons. The van der Waals surface area contributed by atoms with E-state index in [0.29, 0.717) is 29.3 Å². The van der Waals surface area contributed by atoms with Gasteiger partial charge in [-0.2, -0.15) is 0 Å². The molecule has 1 N–H and O–H groups in total. The lowest BCUT2D eigenvalue weighted by atomic mass is 9.87. The largest absolute Gasteiger partial charge is 0.481 e. The summed E-state index contributed by atoms with van der Waals surface area (Å²) in [7, 11) is 0. The molecule has 5 nitrogen and oxygen atoms in total. The lowest BCUT2D eigenvalue weighted by Crippen LogP contribution is -2.29. The maximum Gasteiger partial charge on any atom is 0.303 e. The van der Waals surface area contributed by atoms with Crippen LogP contribution in [0.3, 0.4) is 0 Å². The predicted octanol–water partition coefficient (Wildman–Crippen LogP) is 3.47. The van der Waals surface area contributed by atoms with Crippen molar-refractivity contribution >= 4 is 39.0 Å². The minimum absolute atomic E-state index is 0.0445. The number of aldehydes is 1. The lowest BCUT2D eigenvalue weighted by molar-refractivity contribution is -0.137. The van der Waals surface area contributed by atoms with Crippen molar-refractivity contribution < 1.29 is 14.7 Å². The molecule has 0 bridgehead atoms. The molecule has 0 saturated heterocycles. The lowest BCUT2D eigenvalue weighted by Gasteiger charge is -2.25. The monoisotopic (exact) mass is 379 g/mol. The Bertz CT molecular complexity index is 823. The van der Waals surface area contributed by atoms with Gasteiger partial charge in [-0.15, -0.1) is 0 Å². The summed E-state index contributed by atoms with van der Waals surface area (Å²) in [5, 5.41) is 9.92. The molecule has 0 aliphatic rings. The van der Waals surface area contributed by atoms with Gasteiger partial charge in [0.05, 0.1) is 0 Å². The zero-order valence-electron chi connectivity index (χ0n) is 13.0. The fraction of sp³-hybridized carbons (Fsp3) is 0.353. The fourth-order valence-corrected chi connectivity index (χ4v) is 2.95. The van der Waals surface area contributed by atoms with Crippen LogP contribution in [0.25, 0.3) is 10.8 Å². The second kappa shape index (κ2) is 6.66. The first-order valence-corrected chi connectivity index (χ1v) is 8.02. The molecule has 1 aromatic heterocycles. The average molecular weight is 380 g/mol. The van der Waals surface area contributed by atoms with E-state index in [1.54, 1.807) is 24.4 Å². The highest BCUT2D eigenvalue weighted by Crippen LogP contribution is 2.26. The molecule has 6 heteroatoms. The van der Waals surface area contributed by atoms with Crippen LogP contribution < -0.4 is 5.56 Å². The molecule has 23 heavy (non-hydrogen) atoms. The van der Waals surface area contributed by atoms with Crippen molar-refractivity contribution in [2.75, 3.05) is 0 Å². The summed E-state index contributed by atoms with van der Waals surface area (Å²) in [5.74, 6) is -0.859. The summed E-state index contributed by atoms with van der Waals surface area (Å²) in [5.41, 5.74) is -0.109.